The van der Waals surface area contributed by atoms with E-state index in [1.165, 1.54) is 94.3 Å². The van der Waals surface area contributed by atoms with Gasteiger partial charge in [-0.05, 0) is 111 Å². The van der Waals surface area contributed by atoms with Gasteiger partial charge in [-0.25, -0.2) is 0 Å². The number of hydrogen-bond donors (Lipinski definition) is 0. The number of nitrogens with zero attached hydrogens (tertiary/aromatic N) is 1. The van der Waals surface area contributed by atoms with Crippen molar-refractivity contribution < 1.29 is 4.42 Å². The van der Waals surface area contributed by atoms with E-state index in [1.807, 2.05) is 0 Å². The summed E-state index contributed by atoms with van der Waals surface area (Å²) in [5.41, 5.74) is 25.2. The molecule has 0 aliphatic carbocycles. The van der Waals surface area contributed by atoms with Crippen molar-refractivity contribution in [3.63, 3.8) is 0 Å². The number of aryl methyl sites for hydroxylation is 2. The SMILES string of the molecule is Cc1ccc2c3c1C(C)(C)c1ccccc1B3c1cc(-c3ccc4oc5ccccc5c4c3)cc3c1N2c1ccc(C)c2c1B3c1ccccc1C2(C)C. The van der Waals surface area contributed by atoms with Crippen LogP contribution in [0.3, 0.4) is 0 Å². The first kappa shape index (κ1) is 30.7. The van der Waals surface area contributed by atoms with Crippen LogP contribution >= 0.6 is 0 Å². The molecule has 0 spiro atoms. The van der Waals surface area contributed by atoms with Gasteiger partial charge < -0.3 is 9.32 Å². The summed E-state index contributed by atoms with van der Waals surface area (Å²) in [7, 11) is 0. The van der Waals surface area contributed by atoms with Gasteiger partial charge in [-0.15, -0.1) is 0 Å². The molecule has 5 heterocycles. The van der Waals surface area contributed by atoms with Crippen molar-refractivity contribution in [1.29, 1.82) is 0 Å². The topological polar surface area (TPSA) is 16.4 Å². The summed E-state index contributed by atoms with van der Waals surface area (Å²) in [6, 6.07) is 48.5. The fourth-order valence-corrected chi connectivity index (χ4v) is 11.8. The fourth-order valence-electron chi connectivity index (χ4n) is 11.8. The highest BCUT2D eigenvalue weighted by Crippen LogP contribution is 2.47. The van der Waals surface area contributed by atoms with Crippen LogP contribution in [0.2, 0.25) is 0 Å². The average Bonchev–Trinajstić information content (AvgIpc) is 3.55. The van der Waals surface area contributed by atoms with Crippen LogP contribution in [0, 0.1) is 13.8 Å². The molecule has 7 aromatic carbocycles. The molecule has 4 heteroatoms. The molecule has 0 unspecified atom stereocenters. The molecule has 256 valence electrons. The van der Waals surface area contributed by atoms with Crippen molar-refractivity contribution in [2.75, 3.05) is 4.90 Å². The third-order valence-corrected chi connectivity index (χ3v) is 13.8. The minimum absolute atomic E-state index is 0.115. The molecule has 0 amide bonds. The smallest absolute Gasteiger partial charge is 0.247 e. The van der Waals surface area contributed by atoms with Gasteiger partial charge in [-0.3, -0.25) is 0 Å². The molecular weight excluding hydrogens is 652 g/mol. The van der Waals surface area contributed by atoms with Crippen molar-refractivity contribution in [3.05, 3.63) is 161 Å². The van der Waals surface area contributed by atoms with E-state index < -0.39 is 0 Å². The summed E-state index contributed by atoms with van der Waals surface area (Å²) in [6.07, 6.45) is 0. The van der Waals surface area contributed by atoms with Crippen LogP contribution in [0.1, 0.15) is 61.1 Å². The van der Waals surface area contributed by atoms with Gasteiger partial charge in [0.1, 0.15) is 11.2 Å². The Hall–Kier alpha value is -5.73. The highest BCUT2D eigenvalue weighted by Gasteiger charge is 2.52. The largest absolute Gasteiger partial charge is 0.456 e. The van der Waals surface area contributed by atoms with Crippen LogP contribution in [0.5, 0.6) is 0 Å². The lowest BCUT2D eigenvalue weighted by molar-refractivity contribution is 0.640. The first-order valence-corrected chi connectivity index (χ1v) is 19.5. The molecule has 54 heavy (non-hydrogen) atoms. The number of rotatable bonds is 1. The second kappa shape index (κ2) is 10.1. The molecule has 0 atom stereocenters. The van der Waals surface area contributed by atoms with E-state index in [0.717, 1.165) is 21.9 Å². The number of furan rings is 1. The molecule has 0 bridgehead atoms. The highest BCUT2D eigenvalue weighted by atomic mass is 16.3. The molecule has 0 fully saturated rings. The maximum Gasteiger partial charge on any atom is 0.247 e. The molecule has 4 aliphatic rings. The van der Waals surface area contributed by atoms with Gasteiger partial charge in [0.25, 0.3) is 0 Å². The summed E-state index contributed by atoms with van der Waals surface area (Å²) in [5, 5.41) is 2.33. The van der Waals surface area contributed by atoms with E-state index >= 15 is 0 Å². The molecule has 0 radical (unpaired) electrons. The van der Waals surface area contributed by atoms with Crippen molar-refractivity contribution in [1.82, 2.24) is 0 Å². The van der Waals surface area contributed by atoms with Crippen LogP contribution in [-0.4, -0.2) is 13.4 Å². The normalized spacial score (nSPS) is 16.1. The molecule has 8 aromatic rings. The van der Waals surface area contributed by atoms with Crippen LogP contribution in [0.25, 0.3) is 33.1 Å². The minimum atomic E-state index is -0.139. The zero-order valence-corrected chi connectivity index (χ0v) is 31.6. The van der Waals surface area contributed by atoms with Crippen LogP contribution in [0.15, 0.2) is 132 Å². The van der Waals surface area contributed by atoms with Gasteiger partial charge in [0.15, 0.2) is 0 Å². The summed E-state index contributed by atoms with van der Waals surface area (Å²) >= 11 is 0. The first-order chi connectivity index (χ1) is 26.1. The van der Waals surface area contributed by atoms with Gasteiger partial charge >= 0.3 is 0 Å². The number of hydrogen-bond acceptors (Lipinski definition) is 2. The molecule has 0 saturated carbocycles. The van der Waals surface area contributed by atoms with E-state index in [0.29, 0.717) is 0 Å². The molecule has 2 nitrogen and oxygen atoms in total. The molecule has 0 saturated heterocycles. The molecule has 1 aromatic heterocycles. The Morgan fingerprint density at radius 2 is 1.00 bits per heavy atom. The summed E-state index contributed by atoms with van der Waals surface area (Å²) < 4.78 is 6.32. The lowest BCUT2D eigenvalue weighted by Crippen LogP contribution is -2.70. The zero-order valence-electron chi connectivity index (χ0n) is 31.6. The molecular formula is C50H39B2NO. The van der Waals surface area contributed by atoms with Crippen molar-refractivity contribution >= 4 is 85.2 Å². The van der Waals surface area contributed by atoms with E-state index in [2.05, 4.69) is 174 Å². The van der Waals surface area contributed by atoms with Gasteiger partial charge in [-0.2, -0.15) is 0 Å². The standard InChI is InChI=1S/C50H39B2NO/c1-28-19-22-40-46-44(28)49(3,4)34-14-8-10-16-36(34)51(46)38-26-31(30-21-24-43-33(25-30)32-13-7-12-18-42(32)54-43)27-39-48(38)53(40)41-23-20-29(2)45-47(41)52(39)37-17-11-9-15-35(37)50(45,5)6/h7-27H,1-6H3. The zero-order chi connectivity index (χ0) is 36.4. The average molecular weight is 691 g/mol. The summed E-state index contributed by atoms with van der Waals surface area (Å²) in [6.45, 7) is 14.6. The van der Waals surface area contributed by atoms with Crippen molar-refractivity contribution in [2.45, 2.75) is 52.4 Å². The number of benzene rings is 7. The van der Waals surface area contributed by atoms with Crippen molar-refractivity contribution in [2.24, 2.45) is 0 Å². The van der Waals surface area contributed by atoms with Crippen LogP contribution < -0.4 is 37.7 Å². The van der Waals surface area contributed by atoms with Crippen molar-refractivity contribution in [3.8, 4) is 11.1 Å². The van der Waals surface area contributed by atoms with Crippen LogP contribution in [0.4, 0.5) is 17.1 Å². The third-order valence-electron chi connectivity index (χ3n) is 13.8. The Morgan fingerprint density at radius 3 is 1.59 bits per heavy atom. The van der Waals surface area contributed by atoms with Gasteiger partial charge in [0.05, 0.1) is 0 Å². The second-order valence-corrected chi connectivity index (χ2v) is 17.3. The summed E-state index contributed by atoms with van der Waals surface area (Å²) in [4.78, 5) is 2.68. The highest BCUT2D eigenvalue weighted by molar-refractivity contribution is 7.03. The lowest BCUT2D eigenvalue weighted by Gasteiger charge is -2.51. The Kier molecular flexibility index (Phi) is 5.72. The predicted octanol–water partition coefficient (Wildman–Crippen LogP) is 8.28. The maximum absolute atomic E-state index is 6.32. The Bertz CT molecular complexity index is 2860. The van der Waals surface area contributed by atoms with E-state index in [-0.39, 0.29) is 24.3 Å². The van der Waals surface area contributed by atoms with Crippen LogP contribution in [-0.2, 0) is 10.8 Å². The number of anilines is 3. The predicted molar refractivity (Wildman–Crippen MR) is 230 cm³/mol. The minimum Gasteiger partial charge on any atom is -0.456 e. The monoisotopic (exact) mass is 691 g/mol. The third kappa shape index (κ3) is 3.60. The Labute approximate surface area is 317 Å². The molecule has 4 aliphatic heterocycles. The van der Waals surface area contributed by atoms with E-state index in [9.17, 15) is 0 Å². The second-order valence-electron chi connectivity index (χ2n) is 17.3. The summed E-state index contributed by atoms with van der Waals surface area (Å²) in [5.74, 6) is 0. The van der Waals surface area contributed by atoms with Gasteiger partial charge in [0.2, 0.25) is 13.4 Å². The Morgan fingerprint density at radius 1 is 0.481 bits per heavy atom. The number of fused-ring (bicyclic) bond motifs is 11. The van der Waals surface area contributed by atoms with Gasteiger partial charge in [0, 0.05) is 38.7 Å². The van der Waals surface area contributed by atoms with Gasteiger partial charge in [-0.1, -0.05) is 136 Å². The number of para-hydroxylation sites is 1. The maximum atomic E-state index is 6.32. The van der Waals surface area contributed by atoms with E-state index in [4.69, 9.17) is 4.42 Å². The Balaban J connectivity index is 1.25. The molecule has 0 N–H and O–H groups in total. The van der Waals surface area contributed by atoms with E-state index in [1.54, 1.807) is 0 Å². The lowest BCUT2D eigenvalue weighted by atomic mass is 9.26. The molecule has 12 rings (SSSR count). The first-order valence-electron chi connectivity index (χ1n) is 19.5. The quantitative estimate of drug-likeness (QED) is 0.161. The fraction of sp³-hybridized carbons (Fsp3) is 0.160.